The summed E-state index contributed by atoms with van der Waals surface area (Å²) in [5.41, 5.74) is 0.867. The summed E-state index contributed by atoms with van der Waals surface area (Å²) < 4.78 is 10.4. The zero-order valence-electron chi connectivity index (χ0n) is 14.2. The molecule has 8 nitrogen and oxygen atoms in total. The van der Waals surface area contributed by atoms with Crippen molar-refractivity contribution in [3.05, 3.63) is 30.1 Å². The van der Waals surface area contributed by atoms with E-state index in [0.29, 0.717) is 13.1 Å². The summed E-state index contributed by atoms with van der Waals surface area (Å²) >= 11 is 0. The largest absolute Gasteiger partial charge is 0.447 e. The van der Waals surface area contributed by atoms with Crippen LogP contribution in [0.2, 0.25) is 0 Å². The summed E-state index contributed by atoms with van der Waals surface area (Å²) in [5.74, 6) is -0.170. The van der Waals surface area contributed by atoms with Gasteiger partial charge in [0, 0.05) is 32.0 Å². The topological polar surface area (TPSA) is 84.0 Å². The molecular weight excluding hydrogens is 324 g/mol. The second-order valence-electron chi connectivity index (χ2n) is 6.18. The molecule has 0 unspecified atom stereocenters. The van der Waals surface area contributed by atoms with Crippen molar-refractivity contribution in [2.45, 2.75) is 19.0 Å². The van der Waals surface area contributed by atoms with Crippen molar-refractivity contribution in [3.8, 4) is 0 Å². The van der Waals surface area contributed by atoms with Gasteiger partial charge in [-0.15, -0.1) is 0 Å². The van der Waals surface area contributed by atoms with E-state index in [1.807, 2.05) is 6.07 Å². The molecule has 136 valence electrons. The van der Waals surface area contributed by atoms with E-state index in [9.17, 15) is 9.59 Å². The first-order chi connectivity index (χ1) is 12.2. The molecule has 0 aliphatic carbocycles. The van der Waals surface area contributed by atoms with Crippen LogP contribution in [0, 0.1) is 0 Å². The molecule has 2 aliphatic rings. The normalized spacial score (nSPS) is 21.2. The number of nitrogens with zero attached hydrogens (tertiary/aromatic N) is 3. The maximum Gasteiger partial charge on any atom is 0.410 e. The first-order valence-corrected chi connectivity index (χ1v) is 8.64. The lowest BCUT2D eigenvalue weighted by molar-refractivity contribution is -0.125. The number of carbonyl (C=O) groups excluding carboxylic acids is 2. The SMILES string of the molecule is O=C(NCCCN1CCOCC1)[C@@H]1COC(=O)N1Cc1cccnc1. The maximum atomic E-state index is 12.4. The van der Waals surface area contributed by atoms with Gasteiger partial charge in [-0.3, -0.25) is 19.6 Å². The van der Waals surface area contributed by atoms with E-state index in [1.165, 1.54) is 4.90 Å². The summed E-state index contributed by atoms with van der Waals surface area (Å²) in [6.45, 7) is 5.36. The fourth-order valence-electron chi connectivity index (χ4n) is 2.99. The van der Waals surface area contributed by atoms with E-state index >= 15 is 0 Å². The predicted octanol–water partition coefficient (Wildman–Crippen LogP) is 0.241. The molecule has 0 radical (unpaired) electrons. The smallest absolute Gasteiger partial charge is 0.410 e. The molecule has 2 saturated heterocycles. The molecule has 2 aliphatic heterocycles. The monoisotopic (exact) mass is 348 g/mol. The van der Waals surface area contributed by atoms with Crippen molar-refractivity contribution in [1.29, 1.82) is 0 Å². The number of pyridine rings is 1. The third-order valence-corrected chi connectivity index (χ3v) is 4.41. The highest BCUT2D eigenvalue weighted by Gasteiger charge is 2.37. The number of cyclic esters (lactones) is 1. The molecule has 0 saturated carbocycles. The molecule has 1 atom stereocenters. The second-order valence-corrected chi connectivity index (χ2v) is 6.18. The van der Waals surface area contributed by atoms with Gasteiger partial charge >= 0.3 is 6.09 Å². The van der Waals surface area contributed by atoms with Gasteiger partial charge in [0.25, 0.3) is 0 Å². The minimum atomic E-state index is -0.587. The number of morpholine rings is 1. The van der Waals surface area contributed by atoms with Gasteiger partial charge in [-0.05, 0) is 24.6 Å². The minimum absolute atomic E-state index is 0.0917. The van der Waals surface area contributed by atoms with Gasteiger partial charge in [-0.1, -0.05) is 6.07 Å². The number of carbonyl (C=O) groups is 2. The molecule has 1 aromatic rings. The first-order valence-electron chi connectivity index (χ1n) is 8.64. The van der Waals surface area contributed by atoms with Crippen LogP contribution in [0.1, 0.15) is 12.0 Å². The van der Waals surface area contributed by atoms with Gasteiger partial charge in [0.1, 0.15) is 12.6 Å². The Labute approximate surface area is 147 Å². The zero-order chi connectivity index (χ0) is 17.5. The van der Waals surface area contributed by atoms with Crippen LogP contribution >= 0.6 is 0 Å². The fraction of sp³-hybridized carbons (Fsp3) is 0.588. The van der Waals surface area contributed by atoms with Crippen LogP contribution < -0.4 is 5.32 Å². The second kappa shape index (κ2) is 8.77. The number of hydrogen-bond donors (Lipinski definition) is 1. The van der Waals surface area contributed by atoms with Crippen molar-refractivity contribution in [1.82, 2.24) is 20.1 Å². The Bertz CT molecular complexity index is 577. The van der Waals surface area contributed by atoms with Gasteiger partial charge in [0.15, 0.2) is 0 Å². The molecule has 0 spiro atoms. The van der Waals surface area contributed by atoms with Gasteiger partial charge in [0.05, 0.1) is 19.8 Å². The number of aromatic nitrogens is 1. The van der Waals surface area contributed by atoms with Crippen molar-refractivity contribution in [2.24, 2.45) is 0 Å². The van der Waals surface area contributed by atoms with Crippen LogP contribution in [-0.2, 0) is 20.8 Å². The molecule has 3 rings (SSSR count). The highest BCUT2D eigenvalue weighted by molar-refractivity contribution is 5.87. The van der Waals surface area contributed by atoms with E-state index in [4.69, 9.17) is 9.47 Å². The molecule has 25 heavy (non-hydrogen) atoms. The average Bonchev–Trinajstić information content (AvgIpc) is 3.01. The molecule has 0 aromatic carbocycles. The molecule has 2 amide bonds. The highest BCUT2D eigenvalue weighted by Crippen LogP contribution is 2.16. The lowest BCUT2D eigenvalue weighted by atomic mass is 10.2. The van der Waals surface area contributed by atoms with Crippen molar-refractivity contribution in [3.63, 3.8) is 0 Å². The number of rotatable bonds is 7. The lowest BCUT2D eigenvalue weighted by Gasteiger charge is -2.26. The number of ether oxygens (including phenoxy) is 2. The van der Waals surface area contributed by atoms with E-state index in [1.54, 1.807) is 18.5 Å². The van der Waals surface area contributed by atoms with E-state index in [0.717, 1.165) is 44.8 Å². The fourth-order valence-corrected chi connectivity index (χ4v) is 2.99. The van der Waals surface area contributed by atoms with Crippen LogP contribution in [0.25, 0.3) is 0 Å². The Morgan fingerprint density at radius 3 is 2.96 bits per heavy atom. The summed E-state index contributed by atoms with van der Waals surface area (Å²) in [4.78, 5) is 32.1. The van der Waals surface area contributed by atoms with Gasteiger partial charge < -0.3 is 14.8 Å². The quantitative estimate of drug-likeness (QED) is 0.711. The van der Waals surface area contributed by atoms with Gasteiger partial charge in [0.2, 0.25) is 5.91 Å². The summed E-state index contributed by atoms with van der Waals surface area (Å²) in [6.07, 6.45) is 3.76. The molecule has 0 bridgehead atoms. The van der Waals surface area contributed by atoms with Crippen LogP contribution in [0.15, 0.2) is 24.5 Å². The van der Waals surface area contributed by atoms with E-state index < -0.39 is 12.1 Å². The van der Waals surface area contributed by atoms with Gasteiger partial charge in [-0.2, -0.15) is 0 Å². The van der Waals surface area contributed by atoms with Crippen LogP contribution in [0.3, 0.4) is 0 Å². The molecule has 8 heteroatoms. The standard InChI is InChI=1S/C17H24N4O4/c22-16(19-5-2-6-20-7-9-24-10-8-20)15-13-25-17(23)21(15)12-14-3-1-4-18-11-14/h1,3-4,11,15H,2,5-10,12-13H2,(H,19,22)/t15-/m0/s1. The van der Waals surface area contributed by atoms with E-state index in [2.05, 4.69) is 15.2 Å². The zero-order valence-corrected chi connectivity index (χ0v) is 14.2. The lowest BCUT2D eigenvalue weighted by Crippen LogP contribution is -2.46. The van der Waals surface area contributed by atoms with Crippen molar-refractivity contribution in [2.75, 3.05) is 46.0 Å². The number of nitrogens with one attached hydrogen (secondary N) is 1. The third-order valence-electron chi connectivity index (χ3n) is 4.41. The van der Waals surface area contributed by atoms with Crippen LogP contribution in [0.4, 0.5) is 4.79 Å². The van der Waals surface area contributed by atoms with Gasteiger partial charge in [-0.25, -0.2) is 4.79 Å². The van der Waals surface area contributed by atoms with Crippen molar-refractivity contribution < 1.29 is 19.1 Å². The molecular formula is C17H24N4O4. The Kier molecular flexibility index (Phi) is 6.19. The average molecular weight is 348 g/mol. The first kappa shape index (κ1) is 17.6. The van der Waals surface area contributed by atoms with E-state index in [-0.39, 0.29) is 12.5 Å². The molecule has 2 fully saturated rings. The minimum Gasteiger partial charge on any atom is -0.447 e. The highest BCUT2D eigenvalue weighted by atomic mass is 16.6. The van der Waals surface area contributed by atoms with Crippen molar-refractivity contribution >= 4 is 12.0 Å². The van der Waals surface area contributed by atoms with Crippen LogP contribution in [0.5, 0.6) is 0 Å². The Morgan fingerprint density at radius 2 is 2.20 bits per heavy atom. The predicted molar refractivity (Wildman–Crippen MR) is 89.8 cm³/mol. The number of hydrogen-bond acceptors (Lipinski definition) is 6. The maximum absolute atomic E-state index is 12.4. The summed E-state index contributed by atoms with van der Waals surface area (Å²) in [7, 11) is 0. The molecule has 1 N–H and O–H groups in total. The third kappa shape index (κ3) is 4.90. The summed E-state index contributed by atoms with van der Waals surface area (Å²) in [6, 6.07) is 3.09. The van der Waals surface area contributed by atoms with Crippen LogP contribution in [-0.4, -0.2) is 78.8 Å². The Balaban J connectivity index is 1.44. The molecule has 3 heterocycles. The Hall–Kier alpha value is -2.19. The Morgan fingerprint density at radius 1 is 1.36 bits per heavy atom. The molecule has 1 aromatic heterocycles. The number of amides is 2. The summed E-state index contributed by atoms with van der Waals surface area (Å²) in [5, 5.41) is 2.91.